The number of hydrogen-bond donors (Lipinski definition) is 0. The summed E-state index contributed by atoms with van der Waals surface area (Å²) < 4.78 is 0. The molecular formula is C26H56. The fraction of sp³-hybridized carbons (Fsp3) is 1.00. The molecule has 26 heavy (non-hydrogen) atoms. The summed E-state index contributed by atoms with van der Waals surface area (Å²) in [5.41, 5.74) is 0. The molecular weight excluding hydrogens is 312 g/mol. The topological polar surface area (TPSA) is 0 Å². The quantitative estimate of drug-likeness (QED) is 0.187. The zero-order chi connectivity index (χ0) is 19.6. The summed E-state index contributed by atoms with van der Waals surface area (Å²) in [5, 5.41) is 0. The Kier molecular flexibility index (Phi) is 32.3. The van der Waals surface area contributed by atoms with Gasteiger partial charge in [-0.25, -0.2) is 0 Å². The third-order valence-electron chi connectivity index (χ3n) is 5.41. The molecule has 0 bridgehead atoms. The van der Waals surface area contributed by atoms with E-state index in [4.69, 9.17) is 0 Å². The van der Waals surface area contributed by atoms with E-state index in [-0.39, 0.29) is 0 Å². The van der Waals surface area contributed by atoms with Crippen molar-refractivity contribution < 1.29 is 0 Å². The summed E-state index contributed by atoms with van der Waals surface area (Å²) >= 11 is 0. The van der Waals surface area contributed by atoms with Gasteiger partial charge in [-0.3, -0.25) is 0 Å². The maximum Gasteiger partial charge on any atom is -0.0533 e. The molecule has 0 nitrogen and oxygen atoms in total. The van der Waals surface area contributed by atoms with E-state index in [0.29, 0.717) is 0 Å². The van der Waals surface area contributed by atoms with Crippen molar-refractivity contribution in [1.82, 2.24) is 0 Å². The summed E-state index contributed by atoms with van der Waals surface area (Å²) in [6.07, 6.45) is 31.9. The van der Waals surface area contributed by atoms with Gasteiger partial charge in [0.05, 0.1) is 0 Å². The summed E-state index contributed by atoms with van der Waals surface area (Å²) in [5.74, 6) is 0. The second kappa shape index (κ2) is 29.8. The van der Waals surface area contributed by atoms with Gasteiger partial charge >= 0.3 is 0 Å². The molecule has 0 fully saturated rings. The van der Waals surface area contributed by atoms with E-state index in [0.717, 1.165) is 0 Å². The molecule has 0 radical (unpaired) electrons. The first kappa shape index (κ1) is 28.2. The lowest BCUT2D eigenvalue weighted by atomic mass is 10.1. The molecule has 0 heteroatoms. The first-order chi connectivity index (χ1) is 12.8. The molecule has 0 aromatic heterocycles. The SMILES string of the molecule is CCCCCCCCCCCCC.CCCCCCCCCCCCC. The zero-order valence-corrected chi connectivity index (χ0v) is 19.6. The minimum atomic E-state index is 1.37. The first-order valence-electron chi connectivity index (χ1n) is 12.8. The number of rotatable bonds is 20. The fourth-order valence-corrected chi connectivity index (χ4v) is 3.47. The van der Waals surface area contributed by atoms with Crippen LogP contribution in [0.25, 0.3) is 0 Å². The second-order valence-electron chi connectivity index (χ2n) is 8.36. The van der Waals surface area contributed by atoms with Crippen LogP contribution in [0.3, 0.4) is 0 Å². The minimum absolute atomic E-state index is 1.37. The van der Waals surface area contributed by atoms with Crippen LogP contribution in [0.5, 0.6) is 0 Å². The highest BCUT2D eigenvalue weighted by Crippen LogP contribution is 2.11. The predicted molar refractivity (Wildman–Crippen MR) is 124 cm³/mol. The minimum Gasteiger partial charge on any atom is -0.0654 e. The maximum atomic E-state index is 2.28. The smallest absolute Gasteiger partial charge is 0.0533 e. The highest BCUT2D eigenvalue weighted by atomic mass is 14.0. The van der Waals surface area contributed by atoms with E-state index in [1.54, 1.807) is 0 Å². The van der Waals surface area contributed by atoms with Crippen molar-refractivity contribution in [3.63, 3.8) is 0 Å². The van der Waals surface area contributed by atoms with Crippen LogP contribution in [0, 0.1) is 0 Å². The molecule has 0 unspecified atom stereocenters. The van der Waals surface area contributed by atoms with Gasteiger partial charge in [0, 0.05) is 0 Å². The van der Waals surface area contributed by atoms with Crippen molar-refractivity contribution in [2.75, 3.05) is 0 Å². The third-order valence-corrected chi connectivity index (χ3v) is 5.41. The molecule has 0 saturated carbocycles. The van der Waals surface area contributed by atoms with Crippen molar-refractivity contribution in [3.8, 4) is 0 Å². The van der Waals surface area contributed by atoms with Crippen LogP contribution < -0.4 is 0 Å². The maximum absolute atomic E-state index is 2.28. The normalized spacial score (nSPS) is 10.6. The second-order valence-corrected chi connectivity index (χ2v) is 8.36. The molecule has 0 atom stereocenters. The van der Waals surface area contributed by atoms with Crippen molar-refractivity contribution in [1.29, 1.82) is 0 Å². The fourth-order valence-electron chi connectivity index (χ4n) is 3.47. The first-order valence-corrected chi connectivity index (χ1v) is 12.8. The predicted octanol–water partition coefficient (Wildman–Crippen LogP) is 10.6. The Morgan fingerprint density at radius 1 is 0.192 bits per heavy atom. The van der Waals surface area contributed by atoms with Gasteiger partial charge in [0.1, 0.15) is 0 Å². The van der Waals surface area contributed by atoms with Gasteiger partial charge in [0.25, 0.3) is 0 Å². The van der Waals surface area contributed by atoms with Crippen LogP contribution in [0.15, 0.2) is 0 Å². The van der Waals surface area contributed by atoms with Crippen molar-refractivity contribution in [2.45, 2.75) is 169 Å². The molecule has 0 amide bonds. The lowest BCUT2D eigenvalue weighted by Gasteiger charge is -2.00. The molecule has 0 heterocycles. The van der Waals surface area contributed by atoms with Gasteiger partial charge in [-0.05, 0) is 0 Å². The Bertz CT molecular complexity index is 154. The van der Waals surface area contributed by atoms with Gasteiger partial charge in [-0.1, -0.05) is 169 Å². The molecule has 160 valence electrons. The van der Waals surface area contributed by atoms with Gasteiger partial charge < -0.3 is 0 Å². The standard InChI is InChI=1S/2C13H28/c2*1-3-5-7-9-11-13-12-10-8-6-4-2/h2*3-13H2,1-2H3. The Morgan fingerprint density at radius 2 is 0.308 bits per heavy atom. The molecule has 0 aliphatic heterocycles. The molecule has 0 rings (SSSR count). The van der Waals surface area contributed by atoms with Gasteiger partial charge in [-0.15, -0.1) is 0 Å². The van der Waals surface area contributed by atoms with Gasteiger partial charge in [0.15, 0.2) is 0 Å². The number of unbranched alkanes of at least 4 members (excludes halogenated alkanes) is 20. The average molecular weight is 369 g/mol. The van der Waals surface area contributed by atoms with E-state index in [1.807, 2.05) is 0 Å². The van der Waals surface area contributed by atoms with E-state index in [2.05, 4.69) is 27.7 Å². The third kappa shape index (κ3) is 31.7. The van der Waals surface area contributed by atoms with Crippen LogP contribution in [-0.4, -0.2) is 0 Å². The average Bonchev–Trinajstić information content (AvgIpc) is 2.66. The molecule has 0 aromatic carbocycles. The van der Waals surface area contributed by atoms with Crippen molar-refractivity contribution in [2.24, 2.45) is 0 Å². The van der Waals surface area contributed by atoms with Crippen molar-refractivity contribution in [3.05, 3.63) is 0 Å². The summed E-state index contributed by atoms with van der Waals surface area (Å²) in [6, 6.07) is 0. The number of hydrogen-bond acceptors (Lipinski definition) is 0. The van der Waals surface area contributed by atoms with Crippen LogP contribution in [0.1, 0.15) is 169 Å². The lowest BCUT2D eigenvalue weighted by Crippen LogP contribution is -1.80. The highest BCUT2D eigenvalue weighted by molar-refractivity contribution is 4.47. The molecule has 0 N–H and O–H groups in total. The van der Waals surface area contributed by atoms with Gasteiger partial charge in [-0.2, -0.15) is 0 Å². The summed E-state index contributed by atoms with van der Waals surface area (Å²) in [6.45, 7) is 9.13. The zero-order valence-electron chi connectivity index (χ0n) is 19.6. The molecule has 0 aliphatic carbocycles. The van der Waals surface area contributed by atoms with Crippen LogP contribution in [-0.2, 0) is 0 Å². The lowest BCUT2D eigenvalue weighted by molar-refractivity contribution is 0.554. The largest absolute Gasteiger partial charge is 0.0654 e. The van der Waals surface area contributed by atoms with Crippen LogP contribution in [0.2, 0.25) is 0 Å². The van der Waals surface area contributed by atoms with E-state index >= 15 is 0 Å². The molecule has 0 saturated heterocycles. The Morgan fingerprint density at radius 3 is 0.423 bits per heavy atom. The monoisotopic (exact) mass is 368 g/mol. The molecule has 0 spiro atoms. The Balaban J connectivity index is 0. The van der Waals surface area contributed by atoms with E-state index in [1.165, 1.54) is 141 Å². The van der Waals surface area contributed by atoms with Crippen LogP contribution >= 0.6 is 0 Å². The summed E-state index contributed by atoms with van der Waals surface area (Å²) in [7, 11) is 0. The summed E-state index contributed by atoms with van der Waals surface area (Å²) in [4.78, 5) is 0. The highest BCUT2D eigenvalue weighted by Gasteiger charge is 1.92. The molecule has 0 aliphatic rings. The van der Waals surface area contributed by atoms with E-state index in [9.17, 15) is 0 Å². The van der Waals surface area contributed by atoms with Crippen LogP contribution in [0.4, 0.5) is 0 Å². The Hall–Kier alpha value is 0. The Labute approximate surface area is 169 Å². The van der Waals surface area contributed by atoms with Crippen molar-refractivity contribution >= 4 is 0 Å². The molecule has 0 aromatic rings. The van der Waals surface area contributed by atoms with E-state index < -0.39 is 0 Å². The van der Waals surface area contributed by atoms with Gasteiger partial charge in [0.2, 0.25) is 0 Å².